The Morgan fingerprint density at radius 3 is 2.55 bits per heavy atom. The van der Waals surface area contributed by atoms with Crippen molar-refractivity contribution in [1.29, 1.82) is 0 Å². The van der Waals surface area contributed by atoms with Gasteiger partial charge in [-0.05, 0) is 31.4 Å². The number of carbonyl (C=O) groups excluding carboxylic acids is 2. The van der Waals surface area contributed by atoms with Gasteiger partial charge < -0.3 is 14.4 Å². The Morgan fingerprint density at radius 1 is 1.18 bits per heavy atom. The molecule has 0 aromatic heterocycles. The zero-order valence-electron chi connectivity index (χ0n) is 13.0. The van der Waals surface area contributed by atoms with Crippen LogP contribution >= 0.6 is 0 Å². The third kappa shape index (κ3) is 5.39. The lowest BCUT2D eigenvalue weighted by atomic mass is 10.2. The Hall–Kier alpha value is -2.04. The summed E-state index contributed by atoms with van der Waals surface area (Å²) >= 11 is 0. The number of benzene rings is 1. The topological polar surface area (TPSA) is 55.8 Å². The Kier molecular flexibility index (Phi) is 6.25. The molecule has 1 aliphatic rings. The van der Waals surface area contributed by atoms with Gasteiger partial charge in [0.05, 0.1) is 20.1 Å². The first kappa shape index (κ1) is 16.3. The highest BCUT2D eigenvalue weighted by atomic mass is 16.5. The van der Waals surface area contributed by atoms with Crippen molar-refractivity contribution in [2.45, 2.75) is 38.1 Å². The van der Waals surface area contributed by atoms with Gasteiger partial charge in [-0.15, -0.1) is 0 Å². The minimum Gasteiger partial charge on any atom is -0.494 e. The van der Waals surface area contributed by atoms with Crippen LogP contribution in [-0.4, -0.2) is 43.1 Å². The largest absolute Gasteiger partial charge is 0.494 e. The van der Waals surface area contributed by atoms with E-state index in [1.807, 2.05) is 35.2 Å². The molecule has 0 N–H and O–H groups in total. The maximum atomic E-state index is 12.3. The number of hydrogen-bond donors (Lipinski definition) is 0. The third-order valence-electron chi connectivity index (χ3n) is 3.64. The molecule has 0 radical (unpaired) electrons. The van der Waals surface area contributed by atoms with Gasteiger partial charge in [-0.25, -0.2) is 0 Å². The van der Waals surface area contributed by atoms with E-state index in [1.54, 1.807) is 0 Å². The molecule has 1 aromatic carbocycles. The van der Waals surface area contributed by atoms with Gasteiger partial charge in [0.1, 0.15) is 5.75 Å². The van der Waals surface area contributed by atoms with Crippen molar-refractivity contribution in [2.24, 2.45) is 0 Å². The molecule has 1 fully saturated rings. The maximum Gasteiger partial charge on any atom is 0.307 e. The van der Waals surface area contributed by atoms with E-state index in [4.69, 9.17) is 4.74 Å². The summed E-state index contributed by atoms with van der Waals surface area (Å²) in [5.74, 6) is 0.647. The van der Waals surface area contributed by atoms with Crippen LogP contribution in [0.15, 0.2) is 30.3 Å². The van der Waals surface area contributed by atoms with Crippen molar-refractivity contribution < 1.29 is 19.1 Å². The minimum atomic E-state index is -0.272. The van der Waals surface area contributed by atoms with Crippen LogP contribution in [0.5, 0.6) is 5.75 Å². The number of nitrogens with zero attached hydrogens (tertiary/aromatic N) is 1. The molecule has 0 unspecified atom stereocenters. The van der Waals surface area contributed by atoms with Gasteiger partial charge in [0.25, 0.3) is 0 Å². The normalized spacial score (nSPS) is 13.5. The highest BCUT2D eigenvalue weighted by Crippen LogP contribution is 2.27. The molecule has 2 rings (SSSR count). The minimum absolute atomic E-state index is 0.100. The zero-order chi connectivity index (χ0) is 15.8. The maximum absolute atomic E-state index is 12.3. The molecule has 120 valence electrons. The van der Waals surface area contributed by atoms with E-state index in [9.17, 15) is 9.59 Å². The summed E-state index contributed by atoms with van der Waals surface area (Å²) in [4.78, 5) is 25.3. The predicted octanol–water partition coefficient (Wildman–Crippen LogP) is 2.40. The van der Waals surface area contributed by atoms with E-state index >= 15 is 0 Å². The zero-order valence-corrected chi connectivity index (χ0v) is 13.0. The van der Waals surface area contributed by atoms with Crippen molar-refractivity contribution in [2.75, 3.05) is 20.3 Å². The lowest BCUT2D eigenvalue weighted by Gasteiger charge is -2.22. The van der Waals surface area contributed by atoms with Gasteiger partial charge in [0, 0.05) is 19.0 Å². The second kappa shape index (κ2) is 8.41. The number of hydrogen-bond acceptors (Lipinski definition) is 4. The Balaban J connectivity index is 1.68. The highest BCUT2D eigenvalue weighted by molar-refractivity contribution is 5.78. The second-order valence-corrected chi connectivity index (χ2v) is 5.41. The van der Waals surface area contributed by atoms with Crippen LogP contribution in [-0.2, 0) is 14.3 Å². The number of amides is 1. The standard InChI is InChI=1S/C17H23NO4/c1-21-17(20)11-12-18(14-9-10-14)16(19)8-5-13-22-15-6-3-2-4-7-15/h2-4,6-7,14H,5,8-13H2,1H3. The number of esters is 1. The lowest BCUT2D eigenvalue weighted by molar-refractivity contribution is -0.142. The molecular weight excluding hydrogens is 282 g/mol. The molecule has 1 aromatic rings. The Labute approximate surface area is 131 Å². The SMILES string of the molecule is COC(=O)CCN(C(=O)CCCOc1ccccc1)C1CC1. The monoisotopic (exact) mass is 305 g/mol. The van der Waals surface area contributed by atoms with E-state index in [2.05, 4.69) is 4.74 Å². The van der Waals surface area contributed by atoms with Crippen LogP contribution in [0.3, 0.4) is 0 Å². The molecule has 0 atom stereocenters. The van der Waals surface area contributed by atoms with Crippen molar-refractivity contribution in [3.63, 3.8) is 0 Å². The van der Waals surface area contributed by atoms with Crippen molar-refractivity contribution >= 4 is 11.9 Å². The van der Waals surface area contributed by atoms with Gasteiger partial charge in [-0.1, -0.05) is 18.2 Å². The first-order valence-electron chi connectivity index (χ1n) is 7.75. The lowest BCUT2D eigenvalue weighted by Crippen LogP contribution is -2.35. The Bertz CT molecular complexity index is 485. The number of para-hydroxylation sites is 1. The summed E-state index contributed by atoms with van der Waals surface area (Å²) in [5.41, 5.74) is 0. The molecule has 22 heavy (non-hydrogen) atoms. The van der Waals surface area contributed by atoms with Crippen LogP contribution in [0.25, 0.3) is 0 Å². The molecule has 1 aliphatic carbocycles. The van der Waals surface area contributed by atoms with Gasteiger partial charge in [-0.2, -0.15) is 0 Å². The first-order chi connectivity index (χ1) is 10.7. The molecule has 5 heteroatoms. The third-order valence-corrected chi connectivity index (χ3v) is 3.64. The van der Waals surface area contributed by atoms with Crippen LogP contribution in [0, 0.1) is 0 Å². The summed E-state index contributed by atoms with van der Waals surface area (Å²) in [5, 5.41) is 0. The molecule has 0 bridgehead atoms. The van der Waals surface area contributed by atoms with Crippen LogP contribution in [0.4, 0.5) is 0 Å². The van der Waals surface area contributed by atoms with Crippen molar-refractivity contribution in [3.05, 3.63) is 30.3 Å². The molecular formula is C17H23NO4. The average molecular weight is 305 g/mol. The molecule has 0 aliphatic heterocycles. The molecule has 1 amide bonds. The van der Waals surface area contributed by atoms with Crippen LogP contribution in [0.1, 0.15) is 32.1 Å². The summed E-state index contributed by atoms with van der Waals surface area (Å²) in [6.07, 6.45) is 3.46. The summed E-state index contributed by atoms with van der Waals surface area (Å²) in [6, 6.07) is 9.88. The van der Waals surface area contributed by atoms with E-state index in [0.717, 1.165) is 18.6 Å². The number of ether oxygens (including phenoxy) is 2. The van der Waals surface area contributed by atoms with Crippen LogP contribution < -0.4 is 4.74 Å². The van der Waals surface area contributed by atoms with E-state index in [-0.39, 0.29) is 18.3 Å². The van der Waals surface area contributed by atoms with Crippen molar-refractivity contribution in [3.8, 4) is 5.75 Å². The number of rotatable bonds is 9. The van der Waals surface area contributed by atoms with E-state index in [0.29, 0.717) is 32.0 Å². The predicted molar refractivity (Wildman–Crippen MR) is 82.5 cm³/mol. The summed E-state index contributed by atoms with van der Waals surface area (Å²) in [6.45, 7) is 0.973. The summed E-state index contributed by atoms with van der Waals surface area (Å²) in [7, 11) is 1.37. The average Bonchev–Trinajstić information content (AvgIpc) is 3.37. The smallest absolute Gasteiger partial charge is 0.307 e. The van der Waals surface area contributed by atoms with Gasteiger partial charge in [-0.3, -0.25) is 9.59 Å². The van der Waals surface area contributed by atoms with Crippen LogP contribution in [0.2, 0.25) is 0 Å². The number of methoxy groups -OCH3 is 1. The quantitative estimate of drug-likeness (QED) is 0.519. The molecule has 0 heterocycles. The van der Waals surface area contributed by atoms with Gasteiger partial charge in [0.2, 0.25) is 5.91 Å². The first-order valence-corrected chi connectivity index (χ1v) is 7.75. The summed E-state index contributed by atoms with van der Waals surface area (Å²) < 4.78 is 10.2. The van der Waals surface area contributed by atoms with E-state index in [1.165, 1.54) is 7.11 Å². The van der Waals surface area contributed by atoms with E-state index < -0.39 is 0 Å². The second-order valence-electron chi connectivity index (χ2n) is 5.41. The highest BCUT2D eigenvalue weighted by Gasteiger charge is 2.32. The van der Waals surface area contributed by atoms with Gasteiger partial charge >= 0.3 is 5.97 Å². The molecule has 5 nitrogen and oxygen atoms in total. The van der Waals surface area contributed by atoms with Gasteiger partial charge in [0.15, 0.2) is 0 Å². The number of carbonyl (C=O) groups is 2. The fraction of sp³-hybridized carbons (Fsp3) is 0.529. The fourth-order valence-corrected chi connectivity index (χ4v) is 2.28. The molecule has 0 saturated heterocycles. The fourth-order valence-electron chi connectivity index (χ4n) is 2.28. The molecule has 0 spiro atoms. The molecule has 1 saturated carbocycles. The Morgan fingerprint density at radius 2 is 1.91 bits per heavy atom. The van der Waals surface area contributed by atoms with Crippen molar-refractivity contribution in [1.82, 2.24) is 4.90 Å².